The number of hydrogen-bond donors (Lipinski definition) is 0. The van der Waals surface area contributed by atoms with Crippen molar-refractivity contribution in [2.24, 2.45) is 0 Å². The summed E-state index contributed by atoms with van der Waals surface area (Å²) < 4.78 is 13.9. The molecule has 0 saturated heterocycles. The smallest absolute Gasteiger partial charge is 0.143 e. The zero-order valence-corrected chi connectivity index (χ0v) is 59.0. The van der Waals surface area contributed by atoms with Crippen molar-refractivity contribution in [3.63, 3.8) is 0 Å². The molecule has 0 amide bonds. The lowest BCUT2D eigenvalue weighted by Crippen LogP contribution is -2.24. The lowest BCUT2D eigenvalue weighted by Gasteiger charge is -2.31. The molecule has 0 N–H and O–H groups in total. The van der Waals surface area contributed by atoms with Gasteiger partial charge in [0.25, 0.3) is 0 Å². The maximum absolute atomic E-state index is 7.20. The molecule has 0 radical (unpaired) electrons. The highest BCUT2D eigenvalue weighted by Crippen LogP contribution is 2.55. The van der Waals surface area contributed by atoms with Crippen LogP contribution in [0.1, 0.15) is 48.6 Å². The molecule has 0 spiro atoms. The minimum atomic E-state index is -0.411. The van der Waals surface area contributed by atoms with Gasteiger partial charge in [-0.05, 0) is 232 Å². The minimum absolute atomic E-state index is 0.171. The molecule has 4 heteroatoms. The van der Waals surface area contributed by atoms with E-state index in [4.69, 9.17) is 8.83 Å². The normalized spacial score (nSPS) is 14.1. The van der Waals surface area contributed by atoms with Crippen molar-refractivity contribution in [3.05, 3.63) is 386 Å². The Morgan fingerprint density at radius 3 is 1.36 bits per heavy atom. The van der Waals surface area contributed by atoms with Crippen molar-refractivity contribution in [1.82, 2.24) is 0 Å². The average Bonchev–Trinajstić information content (AvgIpc) is 1.58. The van der Waals surface area contributed by atoms with Gasteiger partial charge in [-0.25, -0.2) is 0 Å². The molecule has 0 bridgehead atoms. The topological polar surface area (TPSA) is 32.8 Å². The van der Waals surface area contributed by atoms with Crippen LogP contribution in [0.5, 0.6) is 0 Å². The van der Waals surface area contributed by atoms with Crippen LogP contribution in [0.3, 0.4) is 0 Å². The van der Waals surface area contributed by atoms with Gasteiger partial charge in [-0.1, -0.05) is 269 Å². The van der Waals surface area contributed by atoms with E-state index >= 15 is 0 Å². The fourth-order valence-corrected chi connectivity index (χ4v) is 18.1. The van der Waals surface area contributed by atoms with Gasteiger partial charge in [0, 0.05) is 77.3 Å². The highest BCUT2D eigenvalue weighted by Gasteiger charge is 2.41. The van der Waals surface area contributed by atoms with Crippen LogP contribution in [-0.2, 0) is 17.3 Å². The summed E-state index contributed by atoms with van der Waals surface area (Å²) in [5, 5.41) is 11.4. The first-order valence-electron chi connectivity index (χ1n) is 36.9. The molecule has 17 aromatic carbocycles. The summed E-state index contributed by atoms with van der Waals surface area (Å²) in [5.41, 5.74) is 30.3. The second-order valence-corrected chi connectivity index (χ2v) is 29.7. The summed E-state index contributed by atoms with van der Waals surface area (Å²) in [6.07, 6.45) is 0.763. The maximum atomic E-state index is 7.20. The molecule has 1 atom stereocenters. The van der Waals surface area contributed by atoms with Crippen LogP contribution in [0.4, 0.5) is 34.1 Å². The number of anilines is 6. The summed E-state index contributed by atoms with van der Waals surface area (Å²) in [4.78, 5) is 4.89. The lowest BCUT2D eigenvalue weighted by atomic mass is 9.75. The molecular weight excluding hydrogens is 1290 g/mol. The SMILES string of the molecule is CC1(C)c2ccccc2-c2ccc(N(c3ccc(-c4ccc5ccccc5c4)cc3)c3cccc(-c4cccc5oc6c7cc(CC8(C)c9ccccc9-c9ccc(N(c%10cccc(-c%11ccccc%11)c%10)c%10cccc(-c%11cccc%12oc%13c%14ccccc%14ccc%13c%11%12)c%10)cc98)ccc7ccc6c45)c3)cc21. The van der Waals surface area contributed by atoms with Crippen LogP contribution < -0.4 is 9.80 Å². The van der Waals surface area contributed by atoms with E-state index < -0.39 is 5.41 Å². The fourth-order valence-electron chi connectivity index (χ4n) is 18.1. The standard InChI is InChI=1S/C102H70N2O2/c1-101(2)91-36-13-11-32-84(91)86-54-50-79(61-93(86)101)103(75-48-44-67(45-49-75)72-43-42-66-22-7-8-24-70(66)57-72)77-29-16-26-73(59-77)82-35-19-39-96-98(82)89-53-47-69-41-40-64(56-90(69)100(89)106-96)63-102(3)92-37-14-12-33-85(92)87-55-51-80(62-94(87)102)104(76-28-15-25-71(58-76)65-20-5-4-6-21-65)78-30-17-27-74(60-78)81-34-18-38-95-97(81)88-52-46-68-23-9-10-31-83(68)99(88)105-95/h4-62H,63H2,1-3H3. The van der Waals surface area contributed by atoms with Crippen LogP contribution in [0, 0.1) is 0 Å². The van der Waals surface area contributed by atoms with E-state index in [2.05, 4.69) is 388 Å². The first-order chi connectivity index (χ1) is 52.1. The van der Waals surface area contributed by atoms with Crippen LogP contribution >= 0.6 is 0 Å². The van der Waals surface area contributed by atoms with Crippen molar-refractivity contribution in [3.8, 4) is 66.8 Å². The molecule has 21 rings (SSSR count). The van der Waals surface area contributed by atoms with E-state index in [0.29, 0.717) is 0 Å². The fraction of sp³-hybridized carbons (Fsp3) is 0.0588. The number of furan rings is 2. The van der Waals surface area contributed by atoms with Gasteiger partial charge in [-0.2, -0.15) is 0 Å². The highest BCUT2D eigenvalue weighted by molar-refractivity contribution is 6.21. The maximum Gasteiger partial charge on any atom is 0.143 e. The summed E-state index contributed by atoms with van der Waals surface area (Å²) in [5.74, 6) is 0. The predicted octanol–water partition coefficient (Wildman–Crippen LogP) is 28.4. The van der Waals surface area contributed by atoms with Gasteiger partial charge in [0.2, 0.25) is 0 Å². The van der Waals surface area contributed by atoms with Crippen molar-refractivity contribution in [2.45, 2.75) is 38.0 Å². The van der Waals surface area contributed by atoms with Crippen LogP contribution in [0.15, 0.2) is 367 Å². The molecule has 2 aromatic heterocycles. The molecule has 500 valence electrons. The van der Waals surface area contributed by atoms with Crippen molar-refractivity contribution in [2.75, 3.05) is 9.80 Å². The van der Waals surface area contributed by atoms with E-state index in [1.54, 1.807) is 0 Å². The third-order valence-electron chi connectivity index (χ3n) is 23.2. The number of fused-ring (bicyclic) bond motifs is 17. The molecule has 19 aromatic rings. The van der Waals surface area contributed by atoms with Gasteiger partial charge in [0.1, 0.15) is 22.3 Å². The van der Waals surface area contributed by atoms with E-state index in [-0.39, 0.29) is 5.41 Å². The van der Waals surface area contributed by atoms with Crippen LogP contribution in [0.2, 0.25) is 0 Å². The van der Waals surface area contributed by atoms with Crippen LogP contribution in [-0.4, -0.2) is 0 Å². The van der Waals surface area contributed by atoms with Gasteiger partial charge in [0.15, 0.2) is 0 Å². The average molecular weight is 1360 g/mol. The number of hydrogen-bond acceptors (Lipinski definition) is 4. The molecule has 1 unspecified atom stereocenters. The molecule has 106 heavy (non-hydrogen) atoms. The monoisotopic (exact) mass is 1350 g/mol. The second-order valence-electron chi connectivity index (χ2n) is 29.7. The third-order valence-corrected chi connectivity index (χ3v) is 23.2. The highest BCUT2D eigenvalue weighted by atomic mass is 16.3. The molecule has 2 aliphatic carbocycles. The molecule has 2 aliphatic rings. The van der Waals surface area contributed by atoms with Gasteiger partial charge in [-0.15, -0.1) is 0 Å². The van der Waals surface area contributed by atoms with E-state index in [9.17, 15) is 0 Å². The first-order valence-corrected chi connectivity index (χ1v) is 36.9. The quantitative estimate of drug-likeness (QED) is 0.122. The van der Waals surface area contributed by atoms with Gasteiger partial charge < -0.3 is 18.6 Å². The van der Waals surface area contributed by atoms with E-state index in [1.807, 2.05) is 0 Å². The minimum Gasteiger partial charge on any atom is -0.455 e. The Hall–Kier alpha value is -13.3. The Kier molecular flexibility index (Phi) is 13.8. The summed E-state index contributed by atoms with van der Waals surface area (Å²) in [6.45, 7) is 7.19. The Bertz CT molecular complexity index is 6810. The Morgan fingerprint density at radius 1 is 0.245 bits per heavy atom. The molecule has 0 aliphatic heterocycles. The van der Waals surface area contributed by atoms with Gasteiger partial charge >= 0.3 is 0 Å². The predicted molar refractivity (Wildman–Crippen MR) is 444 cm³/mol. The van der Waals surface area contributed by atoms with E-state index in [0.717, 1.165) is 134 Å². The Morgan fingerprint density at radius 2 is 0.679 bits per heavy atom. The zero-order valence-electron chi connectivity index (χ0n) is 59.0. The molecular formula is C102H70N2O2. The van der Waals surface area contributed by atoms with E-state index in [1.165, 1.54) is 77.5 Å². The number of nitrogens with zero attached hydrogens (tertiary/aromatic N) is 2. The van der Waals surface area contributed by atoms with Crippen molar-refractivity contribution in [1.29, 1.82) is 0 Å². The molecule has 2 heterocycles. The summed E-state index contributed by atoms with van der Waals surface area (Å²) >= 11 is 0. The summed E-state index contributed by atoms with van der Waals surface area (Å²) in [7, 11) is 0. The first kappa shape index (κ1) is 61.4. The summed E-state index contributed by atoms with van der Waals surface area (Å²) in [6, 6.07) is 132. The van der Waals surface area contributed by atoms with Crippen molar-refractivity contribution >= 4 is 110 Å². The zero-order chi connectivity index (χ0) is 70.4. The largest absolute Gasteiger partial charge is 0.455 e. The Labute approximate surface area is 615 Å². The third kappa shape index (κ3) is 9.75. The van der Waals surface area contributed by atoms with Crippen molar-refractivity contribution < 1.29 is 8.83 Å². The second kappa shape index (κ2) is 23.9. The van der Waals surface area contributed by atoms with Crippen LogP contribution in [0.25, 0.3) is 143 Å². The lowest BCUT2D eigenvalue weighted by molar-refractivity contribution is 0.583. The van der Waals surface area contributed by atoms with Gasteiger partial charge in [0.05, 0.1) is 0 Å². The molecule has 0 saturated carbocycles. The number of rotatable bonds is 12. The Balaban J connectivity index is 0.660. The number of benzene rings is 17. The molecule has 0 fully saturated rings. The molecule has 4 nitrogen and oxygen atoms in total. The van der Waals surface area contributed by atoms with Gasteiger partial charge in [-0.3, -0.25) is 0 Å².